The summed E-state index contributed by atoms with van der Waals surface area (Å²) in [5, 5.41) is 7.23. The molecule has 0 amide bonds. The zero-order chi connectivity index (χ0) is 16.7. The van der Waals surface area contributed by atoms with Gasteiger partial charge in [-0.2, -0.15) is 5.10 Å². The number of rotatable bonds is 3. The van der Waals surface area contributed by atoms with Gasteiger partial charge in [-0.3, -0.25) is 4.79 Å². The van der Waals surface area contributed by atoms with E-state index in [0.717, 1.165) is 16.8 Å². The van der Waals surface area contributed by atoms with E-state index in [-0.39, 0.29) is 5.56 Å². The number of nitrogens with zero attached hydrogens (tertiary/aromatic N) is 3. The van der Waals surface area contributed by atoms with Gasteiger partial charge in [-0.1, -0.05) is 53.8 Å². The Kier molecular flexibility index (Phi) is 3.54. The normalized spacial score (nSPS) is 11.4. The van der Waals surface area contributed by atoms with Gasteiger partial charge in [-0.25, -0.2) is 9.67 Å². The van der Waals surface area contributed by atoms with E-state index in [9.17, 15) is 4.79 Å². The first-order valence-electron chi connectivity index (χ1n) is 7.73. The number of aryl methyl sites for hydroxylation is 3. The smallest absolute Gasteiger partial charge is 0.294 e. The van der Waals surface area contributed by atoms with Crippen molar-refractivity contribution in [1.29, 1.82) is 0 Å². The van der Waals surface area contributed by atoms with Crippen molar-refractivity contribution in [3.63, 3.8) is 0 Å². The summed E-state index contributed by atoms with van der Waals surface area (Å²) in [6.07, 6.45) is 0.738. The summed E-state index contributed by atoms with van der Waals surface area (Å²) in [6.45, 7) is 2.40. The quantitative estimate of drug-likeness (QED) is 0.624. The highest BCUT2D eigenvalue weighted by Crippen LogP contribution is 2.23. The van der Waals surface area contributed by atoms with Crippen LogP contribution in [0.1, 0.15) is 11.3 Å². The number of aromatic nitrogens is 3. The van der Waals surface area contributed by atoms with Crippen molar-refractivity contribution in [2.45, 2.75) is 19.9 Å². The van der Waals surface area contributed by atoms with Crippen molar-refractivity contribution in [3.05, 3.63) is 64.1 Å². The minimum absolute atomic E-state index is 0.177. The summed E-state index contributed by atoms with van der Waals surface area (Å²) in [5.41, 5.74) is 7.94. The van der Waals surface area contributed by atoms with Crippen LogP contribution in [0.4, 0.5) is 5.13 Å². The molecule has 4 rings (SSSR count). The van der Waals surface area contributed by atoms with E-state index >= 15 is 0 Å². The lowest BCUT2D eigenvalue weighted by Crippen LogP contribution is -2.25. The topological polar surface area (TPSA) is 73.8 Å². The van der Waals surface area contributed by atoms with Crippen molar-refractivity contribution in [2.75, 3.05) is 5.73 Å². The van der Waals surface area contributed by atoms with Crippen molar-refractivity contribution in [3.8, 4) is 0 Å². The summed E-state index contributed by atoms with van der Waals surface area (Å²) in [7, 11) is 0. The minimum atomic E-state index is -0.177. The summed E-state index contributed by atoms with van der Waals surface area (Å²) in [6, 6.07) is 14.6. The third-order valence-electron chi connectivity index (χ3n) is 4.11. The van der Waals surface area contributed by atoms with Crippen LogP contribution < -0.4 is 11.3 Å². The van der Waals surface area contributed by atoms with E-state index in [4.69, 9.17) is 5.73 Å². The molecule has 24 heavy (non-hydrogen) atoms. The SMILES string of the molecule is Cc1nn(CCc2ccc3ccccc3c2)c(=O)c2nc(N)sc12. The number of nitrogen functional groups attached to an aromatic ring is 1. The Morgan fingerprint density at radius 3 is 2.79 bits per heavy atom. The number of anilines is 1. The zero-order valence-electron chi connectivity index (χ0n) is 13.2. The molecule has 2 heterocycles. The van der Waals surface area contributed by atoms with Gasteiger partial charge in [-0.05, 0) is 29.7 Å². The molecule has 4 aromatic rings. The number of hydrogen-bond acceptors (Lipinski definition) is 5. The molecule has 120 valence electrons. The Morgan fingerprint density at radius 2 is 1.96 bits per heavy atom. The Hall–Kier alpha value is -2.73. The summed E-state index contributed by atoms with van der Waals surface area (Å²) in [5.74, 6) is 0. The third-order valence-corrected chi connectivity index (χ3v) is 5.10. The molecule has 0 aliphatic carbocycles. The zero-order valence-corrected chi connectivity index (χ0v) is 14.0. The summed E-state index contributed by atoms with van der Waals surface area (Å²) in [4.78, 5) is 16.7. The Balaban J connectivity index is 1.66. The van der Waals surface area contributed by atoms with Crippen LogP contribution in [0.25, 0.3) is 21.0 Å². The fourth-order valence-corrected chi connectivity index (χ4v) is 3.67. The van der Waals surface area contributed by atoms with Gasteiger partial charge < -0.3 is 5.73 Å². The van der Waals surface area contributed by atoms with Crippen LogP contribution in [-0.2, 0) is 13.0 Å². The average molecular weight is 336 g/mol. The van der Waals surface area contributed by atoms with Gasteiger partial charge in [0, 0.05) is 6.54 Å². The highest BCUT2D eigenvalue weighted by atomic mass is 32.1. The van der Waals surface area contributed by atoms with Gasteiger partial charge in [0.05, 0.1) is 10.4 Å². The second-order valence-corrected chi connectivity index (χ2v) is 6.81. The first-order valence-corrected chi connectivity index (χ1v) is 8.55. The maximum atomic E-state index is 12.5. The lowest BCUT2D eigenvalue weighted by atomic mass is 10.1. The van der Waals surface area contributed by atoms with Gasteiger partial charge in [0.25, 0.3) is 5.56 Å². The third kappa shape index (κ3) is 2.55. The van der Waals surface area contributed by atoms with Crippen LogP contribution in [0.3, 0.4) is 0 Å². The molecule has 0 aliphatic rings. The molecule has 0 unspecified atom stereocenters. The maximum absolute atomic E-state index is 12.5. The number of hydrogen-bond donors (Lipinski definition) is 1. The predicted molar refractivity (Wildman–Crippen MR) is 98.5 cm³/mol. The molecule has 2 aromatic heterocycles. The van der Waals surface area contributed by atoms with E-state index in [2.05, 4.69) is 40.4 Å². The van der Waals surface area contributed by atoms with E-state index in [1.807, 2.05) is 19.1 Å². The number of nitrogens with two attached hydrogens (primary N) is 1. The van der Waals surface area contributed by atoms with Crippen LogP contribution in [0.5, 0.6) is 0 Å². The van der Waals surface area contributed by atoms with Crippen molar-refractivity contribution in [1.82, 2.24) is 14.8 Å². The van der Waals surface area contributed by atoms with Gasteiger partial charge in [0.2, 0.25) is 0 Å². The van der Waals surface area contributed by atoms with Crippen LogP contribution in [-0.4, -0.2) is 14.8 Å². The fourth-order valence-electron chi connectivity index (χ4n) is 2.90. The maximum Gasteiger partial charge on any atom is 0.294 e. The van der Waals surface area contributed by atoms with Crippen molar-refractivity contribution < 1.29 is 0 Å². The monoisotopic (exact) mass is 336 g/mol. The van der Waals surface area contributed by atoms with Gasteiger partial charge in [0.15, 0.2) is 10.6 Å². The van der Waals surface area contributed by atoms with Crippen LogP contribution in [0.15, 0.2) is 47.3 Å². The number of fused-ring (bicyclic) bond motifs is 2. The molecule has 6 heteroatoms. The molecule has 0 atom stereocenters. The van der Waals surface area contributed by atoms with Crippen LogP contribution >= 0.6 is 11.3 Å². The highest BCUT2D eigenvalue weighted by molar-refractivity contribution is 7.22. The van der Waals surface area contributed by atoms with E-state index < -0.39 is 0 Å². The standard InChI is InChI=1S/C18H16N4OS/c1-11-16-15(20-18(19)24-16)17(23)22(21-11)9-8-12-6-7-13-4-2-3-5-14(13)10-12/h2-7,10H,8-9H2,1H3,(H2,19,20). The molecule has 0 radical (unpaired) electrons. The lowest BCUT2D eigenvalue weighted by molar-refractivity contribution is 0.577. The molecule has 0 saturated heterocycles. The van der Waals surface area contributed by atoms with Crippen molar-refractivity contribution in [2.24, 2.45) is 0 Å². The largest absolute Gasteiger partial charge is 0.375 e. The molecule has 0 saturated carbocycles. The molecular formula is C18H16N4OS. The van der Waals surface area contributed by atoms with Crippen LogP contribution in [0.2, 0.25) is 0 Å². The van der Waals surface area contributed by atoms with Gasteiger partial charge in [0.1, 0.15) is 0 Å². The molecule has 2 N–H and O–H groups in total. The molecule has 0 spiro atoms. The molecule has 0 bridgehead atoms. The Bertz CT molecular complexity index is 1110. The second-order valence-electron chi connectivity index (χ2n) is 5.78. The first kappa shape index (κ1) is 14.8. The molecule has 0 fully saturated rings. The second kappa shape index (κ2) is 5.72. The van der Waals surface area contributed by atoms with E-state index in [0.29, 0.717) is 17.2 Å². The molecule has 5 nitrogen and oxygen atoms in total. The summed E-state index contributed by atoms with van der Waals surface area (Å²) >= 11 is 1.31. The molecular weight excluding hydrogens is 320 g/mol. The molecule has 0 aliphatic heterocycles. The number of benzene rings is 2. The highest BCUT2D eigenvalue weighted by Gasteiger charge is 2.12. The van der Waals surface area contributed by atoms with Crippen LogP contribution in [0, 0.1) is 6.92 Å². The van der Waals surface area contributed by atoms with E-state index in [1.54, 1.807) is 0 Å². The Labute approximate surface area is 142 Å². The first-order chi connectivity index (χ1) is 11.6. The number of thiazole rings is 1. The molecule has 2 aromatic carbocycles. The predicted octanol–water partition coefficient (Wildman–Crippen LogP) is 3.14. The fraction of sp³-hybridized carbons (Fsp3) is 0.167. The lowest BCUT2D eigenvalue weighted by Gasteiger charge is -2.07. The van der Waals surface area contributed by atoms with Gasteiger partial charge >= 0.3 is 0 Å². The summed E-state index contributed by atoms with van der Waals surface area (Å²) < 4.78 is 2.27. The average Bonchev–Trinajstić information content (AvgIpc) is 2.99. The minimum Gasteiger partial charge on any atom is -0.375 e. The van der Waals surface area contributed by atoms with Gasteiger partial charge in [-0.15, -0.1) is 0 Å². The van der Waals surface area contributed by atoms with E-state index in [1.165, 1.54) is 32.4 Å². The Morgan fingerprint density at radius 1 is 1.17 bits per heavy atom. The van der Waals surface area contributed by atoms with Crippen molar-refractivity contribution >= 4 is 37.5 Å².